The number of aromatic nitrogens is 2. The number of fused-ring (bicyclic) bond motifs is 5. The first kappa shape index (κ1) is 20.7. The summed E-state index contributed by atoms with van der Waals surface area (Å²) >= 11 is 1.13. The minimum absolute atomic E-state index is 0.0413. The molecule has 8 nitrogen and oxygen atoms in total. The van der Waals surface area contributed by atoms with E-state index in [1.54, 1.807) is 36.1 Å². The molecule has 1 atom stereocenters. The van der Waals surface area contributed by atoms with E-state index in [1.807, 2.05) is 6.92 Å². The van der Waals surface area contributed by atoms with Crippen LogP contribution in [0.25, 0.3) is 11.0 Å². The molecule has 0 N–H and O–H groups in total. The molecule has 0 saturated heterocycles. The van der Waals surface area contributed by atoms with Crippen LogP contribution in [0.5, 0.6) is 0 Å². The van der Waals surface area contributed by atoms with Gasteiger partial charge in [0, 0.05) is 12.1 Å². The van der Waals surface area contributed by atoms with Gasteiger partial charge in [-0.2, -0.15) is 0 Å². The van der Waals surface area contributed by atoms with Crippen LogP contribution in [0.1, 0.15) is 40.0 Å². The predicted octanol–water partition coefficient (Wildman–Crippen LogP) is 3.75. The van der Waals surface area contributed by atoms with Crippen molar-refractivity contribution in [1.29, 1.82) is 0 Å². The van der Waals surface area contributed by atoms with Gasteiger partial charge in [0.2, 0.25) is 10.9 Å². The number of rotatable bonds is 3. The molecule has 2 aromatic heterocycles. The highest BCUT2D eigenvalue weighted by atomic mass is 32.1. The van der Waals surface area contributed by atoms with Gasteiger partial charge in [0.1, 0.15) is 16.4 Å². The zero-order valence-corrected chi connectivity index (χ0v) is 19.0. The molecule has 0 saturated carbocycles. The van der Waals surface area contributed by atoms with Crippen molar-refractivity contribution in [3.63, 3.8) is 0 Å². The quantitative estimate of drug-likeness (QED) is 0.447. The zero-order chi connectivity index (χ0) is 23.8. The van der Waals surface area contributed by atoms with Crippen molar-refractivity contribution in [3.8, 4) is 0 Å². The molecule has 0 fully saturated rings. The number of amides is 2. The predicted molar refractivity (Wildman–Crippen MR) is 124 cm³/mol. The molecular weight excluding hydrogens is 459 g/mol. The van der Waals surface area contributed by atoms with Crippen LogP contribution in [0.4, 0.5) is 15.2 Å². The monoisotopic (exact) mass is 476 g/mol. The van der Waals surface area contributed by atoms with E-state index >= 15 is 0 Å². The number of anilines is 2. The van der Waals surface area contributed by atoms with E-state index in [4.69, 9.17) is 4.42 Å². The molecule has 2 aliphatic heterocycles. The van der Waals surface area contributed by atoms with E-state index in [1.165, 1.54) is 11.0 Å². The molecule has 10 heteroatoms. The third kappa shape index (κ3) is 2.43. The number of hydrogen-bond donors (Lipinski definition) is 0. The highest BCUT2D eigenvalue weighted by Crippen LogP contribution is 2.54. The maximum Gasteiger partial charge on any atom is 0.297 e. The van der Waals surface area contributed by atoms with Gasteiger partial charge in [-0.05, 0) is 37.6 Å². The summed E-state index contributed by atoms with van der Waals surface area (Å²) in [6.07, 6.45) is 0.659. The van der Waals surface area contributed by atoms with Crippen molar-refractivity contribution in [2.75, 3.05) is 16.3 Å². The Kier molecular flexibility index (Phi) is 4.28. The molecule has 4 heterocycles. The van der Waals surface area contributed by atoms with Gasteiger partial charge in [-0.25, -0.2) is 4.39 Å². The summed E-state index contributed by atoms with van der Waals surface area (Å²) in [5.74, 6) is -2.01. The summed E-state index contributed by atoms with van der Waals surface area (Å²) in [6, 6.07) is 10.6. The molecule has 0 bridgehead atoms. The number of aryl methyl sites for hydroxylation is 1. The van der Waals surface area contributed by atoms with Crippen molar-refractivity contribution >= 4 is 44.9 Å². The second kappa shape index (κ2) is 7.04. The van der Waals surface area contributed by atoms with Crippen molar-refractivity contribution in [1.82, 2.24) is 10.2 Å². The van der Waals surface area contributed by atoms with Gasteiger partial charge in [-0.15, -0.1) is 10.2 Å². The molecule has 1 spiro atoms. The average molecular weight is 476 g/mol. The van der Waals surface area contributed by atoms with Crippen LogP contribution in [-0.2, 0) is 10.3 Å². The first-order chi connectivity index (χ1) is 16.4. The molecule has 4 aromatic rings. The highest BCUT2D eigenvalue weighted by Gasteiger charge is 2.66. The largest absolute Gasteiger partial charge is 0.450 e. The van der Waals surface area contributed by atoms with Crippen LogP contribution >= 0.6 is 11.3 Å². The maximum absolute atomic E-state index is 14.3. The van der Waals surface area contributed by atoms with Crippen LogP contribution in [0.15, 0.2) is 51.7 Å². The molecule has 0 aliphatic carbocycles. The lowest BCUT2D eigenvalue weighted by atomic mass is 9.84. The van der Waals surface area contributed by atoms with Gasteiger partial charge < -0.3 is 9.32 Å². The van der Waals surface area contributed by atoms with E-state index in [0.29, 0.717) is 29.2 Å². The van der Waals surface area contributed by atoms with Gasteiger partial charge in [0.25, 0.3) is 11.8 Å². The zero-order valence-electron chi connectivity index (χ0n) is 18.2. The minimum Gasteiger partial charge on any atom is -0.450 e. The van der Waals surface area contributed by atoms with E-state index in [2.05, 4.69) is 10.2 Å². The Morgan fingerprint density at radius 3 is 2.65 bits per heavy atom. The standard InChI is InChI=1S/C24H17FN4O4S/c1-3-10-28-16-7-5-4-6-15(16)24(22(28)32)18-19(30)14-11-13(25)8-9-17(14)33-20(18)21(31)29(24)23-27-26-12(2)34-23/h4-9,11H,3,10H2,1-2H3. The lowest BCUT2D eigenvalue weighted by molar-refractivity contribution is -0.121. The fourth-order valence-electron chi connectivity index (χ4n) is 4.96. The van der Waals surface area contributed by atoms with Crippen LogP contribution in [0.3, 0.4) is 0 Å². The third-order valence-corrected chi connectivity index (χ3v) is 7.06. The van der Waals surface area contributed by atoms with Gasteiger partial charge in [-0.3, -0.25) is 19.3 Å². The Hall–Kier alpha value is -3.92. The van der Waals surface area contributed by atoms with Crippen molar-refractivity contribution in [2.45, 2.75) is 25.8 Å². The second-order valence-electron chi connectivity index (χ2n) is 8.20. The molecule has 34 heavy (non-hydrogen) atoms. The number of halogens is 1. The maximum atomic E-state index is 14.3. The van der Waals surface area contributed by atoms with Gasteiger partial charge in [0.15, 0.2) is 11.0 Å². The number of benzene rings is 2. The summed E-state index contributed by atoms with van der Waals surface area (Å²) in [5, 5.41) is 8.89. The first-order valence-corrected chi connectivity index (χ1v) is 11.5. The van der Waals surface area contributed by atoms with Crippen molar-refractivity contribution in [3.05, 3.63) is 80.4 Å². The van der Waals surface area contributed by atoms with E-state index in [0.717, 1.165) is 23.5 Å². The third-order valence-electron chi connectivity index (χ3n) is 6.24. The van der Waals surface area contributed by atoms with Crippen LogP contribution in [-0.4, -0.2) is 28.6 Å². The smallest absolute Gasteiger partial charge is 0.297 e. The molecule has 2 amide bonds. The number of carbonyl (C=O) groups excluding carboxylic acids is 2. The van der Waals surface area contributed by atoms with Gasteiger partial charge >= 0.3 is 0 Å². The van der Waals surface area contributed by atoms with Crippen molar-refractivity contribution in [2.24, 2.45) is 0 Å². The molecule has 170 valence electrons. The van der Waals surface area contributed by atoms with Gasteiger partial charge in [0.05, 0.1) is 16.6 Å². The second-order valence-corrected chi connectivity index (χ2v) is 9.36. The van der Waals surface area contributed by atoms with E-state index in [9.17, 15) is 18.8 Å². The molecule has 0 radical (unpaired) electrons. The van der Waals surface area contributed by atoms with E-state index in [-0.39, 0.29) is 27.4 Å². The molecule has 2 aliphatic rings. The number of nitrogens with zero attached hydrogens (tertiary/aromatic N) is 4. The number of para-hydroxylation sites is 1. The number of carbonyl (C=O) groups is 2. The molecule has 2 aromatic carbocycles. The summed E-state index contributed by atoms with van der Waals surface area (Å²) in [5.41, 5.74) is -1.45. The number of hydrogen-bond acceptors (Lipinski definition) is 7. The lowest BCUT2D eigenvalue weighted by Gasteiger charge is -2.32. The lowest BCUT2D eigenvalue weighted by Crippen LogP contribution is -2.53. The van der Waals surface area contributed by atoms with Crippen LogP contribution < -0.4 is 15.2 Å². The molecule has 6 rings (SSSR count). The topological polar surface area (TPSA) is 96.6 Å². The normalized spacial score (nSPS) is 18.9. The molecular formula is C24H17FN4O4S. The summed E-state index contributed by atoms with van der Waals surface area (Å²) in [4.78, 5) is 44.8. The SMILES string of the molecule is CCCN1C(=O)C2(c3ccccc31)c1c(oc3ccc(F)cc3c1=O)C(=O)N2c1nnc(C)s1. The van der Waals surface area contributed by atoms with Crippen LogP contribution in [0, 0.1) is 12.7 Å². The fourth-order valence-corrected chi connectivity index (χ4v) is 5.70. The van der Waals surface area contributed by atoms with Crippen LogP contribution in [0.2, 0.25) is 0 Å². The molecule has 1 unspecified atom stereocenters. The minimum atomic E-state index is -1.83. The Bertz CT molecular complexity index is 1600. The Morgan fingerprint density at radius 1 is 1.12 bits per heavy atom. The first-order valence-electron chi connectivity index (χ1n) is 10.7. The Balaban J connectivity index is 1.78. The Morgan fingerprint density at radius 2 is 1.91 bits per heavy atom. The van der Waals surface area contributed by atoms with Crippen molar-refractivity contribution < 1.29 is 18.4 Å². The van der Waals surface area contributed by atoms with Gasteiger partial charge in [-0.1, -0.05) is 36.5 Å². The average Bonchev–Trinajstić information content (AvgIpc) is 3.43. The fraction of sp³-hybridized carbons (Fsp3) is 0.208. The Labute approximate surface area is 196 Å². The highest BCUT2D eigenvalue weighted by molar-refractivity contribution is 7.15. The summed E-state index contributed by atoms with van der Waals surface area (Å²) in [6.45, 7) is 4.05. The summed E-state index contributed by atoms with van der Waals surface area (Å²) < 4.78 is 20.0. The summed E-state index contributed by atoms with van der Waals surface area (Å²) in [7, 11) is 0. The van der Waals surface area contributed by atoms with E-state index < -0.39 is 28.6 Å².